The number of rotatable bonds is 3. The molecular weight excluding hydrogens is 250 g/mol. The van der Waals surface area contributed by atoms with Gasteiger partial charge in [-0.15, -0.1) is 0 Å². The summed E-state index contributed by atoms with van der Waals surface area (Å²) in [6.45, 7) is 3.60. The van der Waals surface area contributed by atoms with E-state index in [1.807, 2.05) is 12.3 Å². The molecule has 5 heteroatoms. The average molecular weight is 267 g/mol. The summed E-state index contributed by atoms with van der Waals surface area (Å²) < 4.78 is 0. The Morgan fingerprint density at radius 2 is 2.22 bits per heavy atom. The lowest BCUT2D eigenvalue weighted by Gasteiger charge is -2.27. The number of hydrogen-bond acceptors (Lipinski definition) is 3. The van der Waals surface area contributed by atoms with E-state index in [1.165, 1.54) is 11.3 Å². The minimum atomic E-state index is -0.834. The standard InChI is InChI=1S/C13H17NO3S/c1-8-6-18-7-9(8)11(15)14-10-4-3-5-13(10,2)12(16)17/h6-7,10H,3-5H2,1-2H3,(H,14,15)(H,16,17). The number of nitrogens with one attached hydrogen (secondary N) is 1. The fraction of sp³-hybridized carbons (Fsp3) is 0.538. The second kappa shape index (κ2) is 4.72. The molecule has 0 aromatic carbocycles. The SMILES string of the molecule is Cc1cscc1C(=O)NC1CCCC1(C)C(=O)O. The Bertz CT molecular complexity index is 482. The summed E-state index contributed by atoms with van der Waals surface area (Å²) in [5, 5.41) is 15.9. The van der Waals surface area contributed by atoms with Gasteiger partial charge < -0.3 is 10.4 Å². The van der Waals surface area contributed by atoms with E-state index in [2.05, 4.69) is 5.32 Å². The lowest BCUT2D eigenvalue weighted by atomic mass is 9.85. The Morgan fingerprint density at radius 1 is 1.50 bits per heavy atom. The van der Waals surface area contributed by atoms with E-state index in [9.17, 15) is 14.7 Å². The van der Waals surface area contributed by atoms with Crippen molar-refractivity contribution in [1.29, 1.82) is 0 Å². The smallest absolute Gasteiger partial charge is 0.311 e. The summed E-state index contributed by atoms with van der Waals surface area (Å²) in [6.07, 6.45) is 2.20. The third-order valence-corrected chi connectivity index (χ3v) is 4.71. The first-order chi connectivity index (χ1) is 8.45. The maximum absolute atomic E-state index is 12.1. The maximum Gasteiger partial charge on any atom is 0.311 e. The third kappa shape index (κ3) is 2.14. The second-order valence-corrected chi connectivity index (χ2v) is 5.85. The number of carbonyl (C=O) groups is 2. The van der Waals surface area contributed by atoms with Crippen LogP contribution < -0.4 is 5.32 Å². The highest BCUT2D eigenvalue weighted by molar-refractivity contribution is 7.08. The number of aryl methyl sites for hydroxylation is 1. The van der Waals surface area contributed by atoms with Crippen molar-refractivity contribution in [2.45, 2.75) is 39.2 Å². The van der Waals surface area contributed by atoms with Crippen LogP contribution >= 0.6 is 11.3 Å². The van der Waals surface area contributed by atoms with Crippen molar-refractivity contribution in [2.24, 2.45) is 5.41 Å². The largest absolute Gasteiger partial charge is 0.481 e. The first-order valence-corrected chi connectivity index (χ1v) is 6.96. The predicted octanol–water partition coefficient (Wildman–Crippen LogP) is 2.43. The summed E-state index contributed by atoms with van der Waals surface area (Å²) in [5.74, 6) is -0.986. The molecule has 1 fully saturated rings. The molecular formula is C13H17NO3S. The zero-order valence-electron chi connectivity index (χ0n) is 10.5. The molecule has 2 rings (SSSR count). The van der Waals surface area contributed by atoms with Gasteiger partial charge in [-0.2, -0.15) is 11.3 Å². The van der Waals surface area contributed by atoms with Gasteiger partial charge in [-0.05, 0) is 37.6 Å². The van der Waals surface area contributed by atoms with Gasteiger partial charge in [0.15, 0.2) is 0 Å². The topological polar surface area (TPSA) is 66.4 Å². The molecule has 0 spiro atoms. The van der Waals surface area contributed by atoms with Crippen LogP contribution in [0, 0.1) is 12.3 Å². The molecule has 4 nitrogen and oxygen atoms in total. The van der Waals surface area contributed by atoms with Crippen LogP contribution in [0.1, 0.15) is 42.1 Å². The zero-order chi connectivity index (χ0) is 13.3. The van der Waals surface area contributed by atoms with Gasteiger partial charge >= 0.3 is 5.97 Å². The summed E-state index contributed by atoms with van der Waals surface area (Å²) in [4.78, 5) is 23.4. The van der Waals surface area contributed by atoms with Crippen molar-refractivity contribution < 1.29 is 14.7 Å². The molecule has 98 valence electrons. The Labute approximate surface area is 110 Å². The third-order valence-electron chi connectivity index (χ3n) is 3.85. The highest BCUT2D eigenvalue weighted by Gasteiger charge is 2.46. The number of amides is 1. The minimum absolute atomic E-state index is 0.159. The first-order valence-electron chi connectivity index (χ1n) is 6.02. The Balaban J connectivity index is 2.13. The van der Waals surface area contributed by atoms with Gasteiger partial charge in [-0.25, -0.2) is 0 Å². The van der Waals surface area contributed by atoms with Crippen LogP contribution in [0.5, 0.6) is 0 Å². The van der Waals surface area contributed by atoms with Crippen molar-refractivity contribution in [3.05, 3.63) is 21.9 Å². The van der Waals surface area contributed by atoms with Gasteiger partial charge in [-0.3, -0.25) is 9.59 Å². The fourth-order valence-electron chi connectivity index (χ4n) is 2.48. The molecule has 0 radical (unpaired) electrons. The average Bonchev–Trinajstić information content (AvgIpc) is 2.87. The fourth-order valence-corrected chi connectivity index (χ4v) is 3.31. The molecule has 2 N–H and O–H groups in total. The van der Waals surface area contributed by atoms with Crippen LogP contribution in [-0.2, 0) is 4.79 Å². The van der Waals surface area contributed by atoms with E-state index < -0.39 is 11.4 Å². The Kier molecular flexibility index (Phi) is 3.43. The number of thiophene rings is 1. The summed E-state index contributed by atoms with van der Waals surface area (Å²) in [5.41, 5.74) is 0.756. The lowest BCUT2D eigenvalue weighted by Crippen LogP contribution is -2.47. The minimum Gasteiger partial charge on any atom is -0.481 e. The zero-order valence-corrected chi connectivity index (χ0v) is 11.3. The van der Waals surface area contributed by atoms with Crippen molar-refractivity contribution >= 4 is 23.2 Å². The molecule has 1 saturated carbocycles. The molecule has 1 aromatic rings. The normalized spacial score (nSPS) is 27.1. The monoisotopic (exact) mass is 267 g/mol. The molecule has 18 heavy (non-hydrogen) atoms. The van der Waals surface area contributed by atoms with E-state index in [0.717, 1.165) is 18.4 Å². The molecule has 1 aromatic heterocycles. The molecule has 2 atom stereocenters. The molecule has 1 aliphatic rings. The van der Waals surface area contributed by atoms with Crippen LogP contribution in [0.25, 0.3) is 0 Å². The van der Waals surface area contributed by atoms with Crippen molar-refractivity contribution in [2.75, 3.05) is 0 Å². The van der Waals surface area contributed by atoms with Gasteiger partial charge in [-0.1, -0.05) is 6.42 Å². The van der Waals surface area contributed by atoms with Crippen LogP contribution in [0.4, 0.5) is 0 Å². The quantitative estimate of drug-likeness (QED) is 0.884. The van der Waals surface area contributed by atoms with E-state index in [-0.39, 0.29) is 11.9 Å². The molecule has 0 saturated heterocycles. The number of hydrogen-bond donors (Lipinski definition) is 2. The highest BCUT2D eigenvalue weighted by atomic mass is 32.1. The first kappa shape index (κ1) is 13.1. The molecule has 0 aliphatic heterocycles. The Hall–Kier alpha value is -1.36. The predicted molar refractivity (Wildman–Crippen MR) is 69.9 cm³/mol. The van der Waals surface area contributed by atoms with Crippen LogP contribution in [0.2, 0.25) is 0 Å². The van der Waals surface area contributed by atoms with Gasteiger partial charge in [0.25, 0.3) is 5.91 Å². The van der Waals surface area contributed by atoms with Gasteiger partial charge in [0, 0.05) is 11.4 Å². The molecule has 0 bridgehead atoms. The molecule has 1 aliphatic carbocycles. The second-order valence-electron chi connectivity index (χ2n) is 5.11. The summed E-state index contributed by atoms with van der Waals surface area (Å²) in [7, 11) is 0. The molecule has 2 unspecified atom stereocenters. The number of carboxylic acid groups (broad SMARTS) is 1. The van der Waals surface area contributed by atoms with Crippen molar-refractivity contribution in [3.8, 4) is 0 Å². The van der Waals surface area contributed by atoms with E-state index in [0.29, 0.717) is 12.0 Å². The maximum atomic E-state index is 12.1. The van der Waals surface area contributed by atoms with Gasteiger partial charge in [0.05, 0.1) is 11.0 Å². The van der Waals surface area contributed by atoms with Crippen LogP contribution in [0.3, 0.4) is 0 Å². The lowest BCUT2D eigenvalue weighted by molar-refractivity contribution is -0.148. The summed E-state index contributed by atoms with van der Waals surface area (Å²) in [6, 6.07) is -0.276. The van der Waals surface area contributed by atoms with Crippen LogP contribution in [-0.4, -0.2) is 23.0 Å². The Morgan fingerprint density at radius 3 is 2.78 bits per heavy atom. The number of carboxylic acids is 1. The number of aliphatic carboxylic acids is 1. The van der Waals surface area contributed by atoms with E-state index >= 15 is 0 Å². The van der Waals surface area contributed by atoms with Gasteiger partial charge in [0.1, 0.15) is 0 Å². The molecule has 1 heterocycles. The molecule has 1 amide bonds. The van der Waals surface area contributed by atoms with Crippen molar-refractivity contribution in [3.63, 3.8) is 0 Å². The number of carbonyl (C=O) groups excluding carboxylic acids is 1. The van der Waals surface area contributed by atoms with Gasteiger partial charge in [0.2, 0.25) is 0 Å². The van der Waals surface area contributed by atoms with E-state index in [1.54, 1.807) is 12.3 Å². The highest BCUT2D eigenvalue weighted by Crippen LogP contribution is 2.38. The van der Waals surface area contributed by atoms with E-state index in [4.69, 9.17) is 0 Å². The van der Waals surface area contributed by atoms with Crippen LogP contribution in [0.15, 0.2) is 10.8 Å². The van der Waals surface area contributed by atoms with Crippen molar-refractivity contribution in [1.82, 2.24) is 5.32 Å². The summed E-state index contributed by atoms with van der Waals surface area (Å²) >= 11 is 1.48.